The van der Waals surface area contributed by atoms with Crippen LogP contribution >= 0.6 is 0 Å². The van der Waals surface area contributed by atoms with Crippen LogP contribution in [0.15, 0.2) is 36.4 Å². The van der Waals surface area contributed by atoms with Gasteiger partial charge in [-0.1, -0.05) is 31.5 Å². The highest BCUT2D eigenvalue weighted by Gasteiger charge is 2.11. The zero-order chi connectivity index (χ0) is 16.8. The maximum Gasteiger partial charge on any atom is 0.244 e. The summed E-state index contributed by atoms with van der Waals surface area (Å²) in [6.07, 6.45) is 5.50. The lowest BCUT2D eigenvalue weighted by Gasteiger charge is -2.10. The summed E-state index contributed by atoms with van der Waals surface area (Å²) >= 11 is 0. The fourth-order valence-corrected chi connectivity index (χ4v) is 2.67. The molecule has 2 rings (SSSR count). The van der Waals surface area contributed by atoms with Gasteiger partial charge in [0.05, 0.1) is 11.4 Å². The summed E-state index contributed by atoms with van der Waals surface area (Å²) in [4.78, 5) is 12.0. The Morgan fingerprint density at radius 3 is 2.65 bits per heavy atom. The number of hydrogen-bond donors (Lipinski definition) is 1. The molecule has 4 heteroatoms. The van der Waals surface area contributed by atoms with E-state index in [4.69, 9.17) is 0 Å². The van der Waals surface area contributed by atoms with E-state index in [0.29, 0.717) is 0 Å². The van der Waals surface area contributed by atoms with Crippen molar-refractivity contribution in [2.75, 3.05) is 0 Å². The topological polar surface area (TPSA) is 46.9 Å². The molecule has 2 aromatic rings. The molecule has 1 atom stereocenters. The Bertz CT molecular complexity index is 686. The standard InChI is InChI=1S/C19H25N3O/c1-5-9-14(2)20-19(23)13-12-18-15(3)21-22(16(18)4)17-10-7-6-8-11-17/h6-8,10-14H,5,9H2,1-4H3,(H,20,23)/b13-12+. The summed E-state index contributed by atoms with van der Waals surface area (Å²) in [7, 11) is 0. The summed E-state index contributed by atoms with van der Waals surface area (Å²) in [5.74, 6) is -0.0581. The van der Waals surface area contributed by atoms with E-state index in [1.165, 1.54) is 0 Å². The van der Waals surface area contributed by atoms with Crippen molar-refractivity contribution in [2.24, 2.45) is 0 Å². The highest BCUT2D eigenvalue weighted by molar-refractivity contribution is 5.92. The van der Waals surface area contributed by atoms with Gasteiger partial charge in [-0.25, -0.2) is 4.68 Å². The van der Waals surface area contributed by atoms with Crippen molar-refractivity contribution >= 4 is 12.0 Å². The molecule has 0 saturated carbocycles. The van der Waals surface area contributed by atoms with Crippen molar-refractivity contribution in [2.45, 2.75) is 46.6 Å². The minimum atomic E-state index is -0.0581. The number of nitrogens with zero attached hydrogens (tertiary/aromatic N) is 2. The van der Waals surface area contributed by atoms with Crippen LogP contribution in [0.25, 0.3) is 11.8 Å². The summed E-state index contributed by atoms with van der Waals surface area (Å²) in [6.45, 7) is 8.12. The van der Waals surface area contributed by atoms with E-state index in [0.717, 1.165) is 35.5 Å². The van der Waals surface area contributed by atoms with Crippen LogP contribution in [0.3, 0.4) is 0 Å². The van der Waals surface area contributed by atoms with Gasteiger partial charge >= 0.3 is 0 Å². The number of aromatic nitrogens is 2. The molecule has 1 unspecified atom stereocenters. The molecule has 0 aliphatic heterocycles. The van der Waals surface area contributed by atoms with E-state index in [9.17, 15) is 4.79 Å². The Morgan fingerprint density at radius 1 is 1.30 bits per heavy atom. The number of rotatable bonds is 6. The third kappa shape index (κ3) is 4.31. The first-order valence-electron chi connectivity index (χ1n) is 8.13. The van der Waals surface area contributed by atoms with Crippen molar-refractivity contribution in [3.05, 3.63) is 53.4 Å². The highest BCUT2D eigenvalue weighted by Crippen LogP contribution is 2.19. The Balaban J connectivity index is 2.16. The first-order chi connectivity index (χ1) is 11.0. The molecule has 4 nitrogen and oxygen atoms in total. The molecule has 0 aliphatic rings. The van der Waals surface area contributed by atoms with E-state index >= 15 is 0 Å². The lowest BCUT2D eigenvalue weighted by Crippen LogP contribution is -2.30. The van der Waals surface area contributed by atoms with Crippen LogP contribution in [0.1, 0.15) is 43.6 Å². The predicted octanol–water partition coefficient (Wildman–Crippen LogP) is 3.81. The average molecular weight is 311 g/mol. The Labute approximate surface area is 138 Å². The van der Waals surface area contributed by atoms with Gasteiger partial charge in [-0.05, 0) is 45.4 Å². The van der Waals surface area contributed by atoms with Crippen LogP contribution in [0.5, 0.6) is 0 Å². The fraction of sp³-hybridized carbons (Fsp3) is 0.368. The molecule has 0 spiro atoms. The van der Waals surface area contributed by atoms with Crippen LogP contribution in [0, 0.1) is 13.8 Å². The molecule has 1 heterocycles. The predicted molar refractivity (Wildman–Crippen MR) is 94.6 cm³/mol. The van der Waals surface area contributed by atoms with Gasteiger partial charge in [0, 0.05) is 23.4 Å². The van der Waals surface area contributed by atoms with Crippen LogP contribution < -0.4 is 5.32 Å². The van der Waals surface area contributed by atoms with Gasteiger partial charge in [-0.15, -0.1) is 0 Å². The van der Waals surface area contributed by atoms with Gasteiger partial charge in [0.15, 0.2) is 0 Å². The minimum absolute atomic E-state index is 0.0581. The molecule has 122 valence electrons. The maximum absolute atomic E-state index is 12.0. The number of amides is 1. The van der Waals surface area contributed by atoms with Gasteiger partial charge < -0.3 is 5.32 Å². The van der Waals surface area contributed by atoms with E-state index in [1.807, 2.05) is 61.9 Å². The van der Waals surface area contributed by atoms with Crippen LogP contribution in [-0.2, 0) is 4.79 Å². The molecule has 1 aromatic carbocycles. The number of carbonyl (C=O) groups excluding carboxylic acids is 1. The molecule has 1 N–H and O–H groups in total. The quantitative estimate of drug-likeness (QED) is 0.825. The smallest absolute Gasteiger partial charge is 0.244 e. The normalized spacial score (nSPS) is 12.5. The Morgan fingerprint density at radius 2 is 2.00 bits per heavy atom. The molecular formula is C19H25N3O. The van der Waals surface area contributed by atoms with E-state index in [2.05, 4.69) is 17.3 Å². The number of benzene rings is 1. The van der Waals surface area contributed by atoms with Crippen LogP contribution in [-0.4, -0.2) is 21.7 Å². The zero-order valence-electron chi connectivity index (χ0n) is 14.3. The van der Waals surface area contributed by atoms with Gasteiger partial charge in [0.25, 0.3) is 0 Å². The molecular weight excluding hydrogens is 286 g/mol. The van der Waals surface area contributed by atoms with Crippen molar-refractivity contribution < 1.29 is 4.79 Å². The number of hydrogen-bond acceptors (Lipinski definition) is 2. The fourth-order valence-electron chi connectivity index (χ4n) is 2.67. The van der Waals surface area contributed by atoms with Crippen molar-refractivity contribution in [1.82, 2.24) is 15.1 Å². The summed E-state index contributed by atoms with van der Waals surface area (Å²) < 4.78 is 1.91. The molecule has 0 radical (unpaired) electrons. The molecule has 1 aromatic heterocycles. The Kier molecular flexibility index (Phi) is 5.74. The van der Waals surface area contributed by atoms with Crippen molar-refractivity contribution in [1.29, 1.82) is 0 Å². The second kappa shape index (κ2) is 7.77. The summed E-state index contributed by atoms with van der Waals surface area (Å²) in [6, 6.07) is 10.2. The third-order valence-corrected chi connectivity index (χ3v) is 3.86. The maximum atomic E-state index is 12.0. The number of nitrogens with one attached hydrogen (secondary N) is 1. The van der Waals surface area contributed by atoms with Gasteiger partial charge in [0.2, 0.25) is 5.91 Å². The monoisotopic (exact) mass is 311 g/mol. The Hall–Kier alpha value is -2.36. The molecule has 23 heavy (non-hydrogen) atoms. The van der Waals surface area contributed by atoms with Crippen LogP contribution in [0.2, 0.25) is 0 Å². The first-order valence-corrected chi connectivity index (χ1v) is 8.13. The highest BCUT2D eigenvalue weighted by atomic mass is 16.1. The third-order valence-electron chi connectivity index (χ3n) is 3.86. The van der Waals surface area contributed by atoms with Gasteiger partial charge in [0.1, 0.15) is 0 Å². The van der Waals surface area contributed by atoms with E-state index in [-0.39, 0.29) is 11.9 Å². The average Bonchev–Trinajstić information content (AvgIpc) is 2.81. The first kappa shape index (κ1) is 17.0. The van der Waals surface area contributed by atoms with Crippen molar-refractivity contribution in [3.8, 4) is 5.69 Å². The summed E-state index contributed by atoms with van der Waals surface area (Å²) in [5, 5.41) is 7.56. The molecule has 0 bridgehead atoms. The number of para-hydroxylation sites is 1. The van der Waals surface area contributed by atoms with Gasteiger partial charge in [-0.2, -0.15) is 5.10 Å². The van der Waals surface area contributed by atoms with Crippen LogP contribution in [0.4, 0.5) is 0 Å². The molecule has 0 aliphatic carbocycles. The van der Waals surface area contributed by atoms with E-state index < -0.39 is 0 Å². The second-order valence-electron chi connectivity index (χ2n) is 5.86. The molecule has 0 fully saturated rings. The summed E-state index contributed by atoms with van der Waals surface area (Å²) in [5.41, 5.74) is 3.96. The largest absolute Gasteiger partial charge is 0.350 e. The zero-order valence-corrected chi connectivity index (χ0v) is 14.3. The lowest BCUT2D eigenvalue weighted by molar-refractivity contribution is -0.117. The number of aryl methyl sites for hydroxylation is 1. The lowest BCUT2D eigenvalue weighted by atomic mass is 10.1. The minimum Gasteiger partial charge on any atom is -0.350 e. The molecule has 1 amide bonds. The SMILES string of the molecule is CCCC(C)NC(=O)/C=C/c1c(C)nn(-c2ccccc2)c1C. The van der Waals surface area contributed by atoms with Gasteiger partial charge in [-0.3, -0.25) is 4.79 Å². The second-order valence-corrected chi connectivity index (χ2v) is 5.86. The molecule has 0 saturated heterocycles. The van der Waals surface area contributed by atoms with Crippen molar-refractivity contribution in [3.63, 3.8) is 0 Å². The van der Waals surface area contributed by atoms with E-state index in [1.54, 1.807) is 6.08 Å². The number of carbonyl (C=O) groups is 1.